The zero-order chi connectivity index (χ0) is 13.1. The van der Waals surface area contributed by atoms with Gasteiger partial charge in [0.1, 0.15) is 5.82 Å². The average Bonchev–Trinajstić information content (AvgIpc) is 2.70. The summed E-state index contributed by atoms with van der Waals surface area (Å²) < 4.78 is 0.898. The topological polar surface area (TPSA) is 62.3 Å². The zero-order valence-corrected chi connectivity index (χ0v) is 11.7. The lowest BCUT2D eigenvalue weighted by molar-refractivity contribution is -0.131. The lowest BCUT2D eigenvalue weighted by Crippen LogP contribution is -2.34. The molecule has 0 atom stereocenters. The lowest BCUT2D eigenvalue weighted by atomic mass is 10.3. The first-order chi connectivity index (χ1) is 8.56. The number of anilines is 1. The molecule has 96 valence electrons. The molecule has 1 aromatic rings. The largest absolute Gasteiger partial charge is 0.333 e. The van der Waals surface area contributed by atoms with Crippen LogP contribution in [0, 0.1) is 6.92 Å². The summed E-state index contributed by atoms with van der Waals surface area (Å²) in [5, 5.41) is 2.69. The minimum absolute atomic E-state index is 0.0464. The van der Waals surface area contributed by atoms with Gasteiger partial charge in [-0.1, -0.05) is 0 Å². The minimum atomic E-state index is -0.209. The summed E-state index contributed by atoms with van der Waals surface area (Å²) in [5.41, 5.74) is 0.998. The van der Waals surface area contributed by atoms with Crippen molar-refractivity contribution < 1.29 is 9.59 Å². The Labute approximate surface area is 114 Å². The van der Waals surface area contributed by atoms with Crippen LogP contribution in [0.1, 0.15) is 18.4 Å². The smallest absolute Gasteiger partial charge is 0.245 e. The molecule has 1 fully saturated rings. The normalized spacial score (nSPS) is 15.0. The van der Waals surface area contributed by atoms with Gasteiger partial charge in [0.2, 0.25) is 11.8 Å². The third kappa shape index (κ3) is 3.07. The van der Waals surface area contributed by atoms with Gasteiger partial charge in [0.25, 0.3) is 0 Å². The highest BCUT2D eigenvalue weighted by atomic mass is 79.9. The minimum Gasteiger partial charge on any atom is -0.333 e. The number of rotatable bonds is 3. The molecule has 2 amide bonds. The van der Waals surface area contributed by atoms with E-state index in [-0.39, 0.29) is 18.4 Å². The van der Waals surface area contributed by atoms with Gasteiger partial charge in [-0.2, -0.15) is 0 Å². The number of amides is 2. The van der Waals surface area contributed by atoms with Crippen LogP contribution in [0.15, 0.2) is 16.7 Å². The number of carbonyl (C=O) groups is 2. The first-order valence-corrected chi connectivity index (χ1v) is 6.55. The fourth-order valence-corrected chi connectivity index (χ4v) is 2.05. The Balaban J connectivity index is 1.94. The summed E-state index contributed by atoms with van der Waals surface area (Å²) in [6.07, 6.45) is 3.02. The van der Waals surface area contributed by atoms with Gasteiger partial charge in [-0.15, -0.1) is 0 Å². The first-order valence-electron chi connectivity index (χ1n) is 5.76. The van der Waals surface area contributed by atoms with E-state index in [2.05, 4.69) is 26.2 Å². The molecule has 0 spiro atoms. The van der Waals surface area contributed by atoms with E-state index in [1.807, 2.05) is 6.92 Å². The molecule has 0 unspecified atom stereocenters. The molecule has 1 aliphatic rings. The van der Waals surface area contributed by atoms with Crippen molar-refractivity contribution in [2.75, 3.05) is 18.4 Å². The number of aryl methyl sites for hydroxylation is 1. The van der Waals surface area contributed by atoms with E-state index < -0.39 is 0 Å². The summed E-state index contributed by atoms with van der Waals surface area (Å²) in [7, 11) is 0. The highest BCUT2D eigenvalue weighted by molar-refractivity contribution is 9.10. The molecule has 0 aliphatic carbocycles. The van der Waals surface area contributed by atoms with Gasteiger partial charge in [0.15, 0.2) is 0 Å². The molecule has 0 aromatic carbocycles. The lowest BCUT2D eigenvalue weighted by Gasteiger charge is -2.14. The van der Waals surface area contributed by atoms with Crippen LogP contribution in [-0.4, -0.2) is 34.8 Å². The molecular formula is C12H14BrN3O2. The summed E-state index contributed by atoms with van der Waals surface area (Å²) in [5.74, 6) is 0.344. The molecule has 0 bridgehead atoms. The van der Waals surface area contributed by atoms with Crippen LogP contribution in [0.4, 0.5) is 5.82 Å². The SMILES string of the molecule is Cc1cc(NC(=O)CN2CCCC2=O)ncc1Br. The van der Waals surface area contributed by atoms with Crippen molar-refractivity contribution in [2.24, 2.45) is 0 Å². The van der Waals surface area contributed by atoms with E-state index in [9.17, 15) is 9.59 Å². The third-order valence-corrected chi connectivity index (χ3v) is 3.65. The summed E-state index contributed by atoms with van der Waals surface area (Å²) in [6, 6.07) is 1.79. The standard InChI is InChI=1S/C12H14BrN3O2/c1-8-5-10(14-6-9(8)13)15-11(17)7-16-4-2-3-12(16)18/h5-6H,2-4,7H2,1H3,(H,14,15,17). The highest BCUT2D eigenvalue weighted by Crippen LogP contribution is 2.17. The van der Waals surface area contributed by atoms with Crippen molar-refractivity contribution in [3.8, 4) is 0 Å². The molecule has 6 heteroatoms. The van der Waals surface area contributed by atoms with Crippen molar-refractivity contribution in [3.63, 3.8) is 0 Å². The van der Waals surface area contributed by atoms with E-state index in [1.54, 1.807) is 17.2 Å². The Bertz CT molecular complexity index is 490. The number of nitrogens with one attached hydrogen (secondary N) is 1. The Hall–Kier alpha value is -1.43. The van der Waals surface area contributed by atoms with E-state index in [0.717, 1.165) is 16.5 Å². The molecule has 0 radical (unpaired) electrons. The maximum Gasteiger partial charge on any atom is 0.245 e. The van der Waals surface area contributed by atoms with Crippen molar-refractivity contribution in [1.29, 1.82) is 0 Å². The molecule has 5 nitrogen and oxygen atoms in total. The van der Waals surface area contributed by atoms with Crippen LogP contribution in [-0.2, 0) is 9.59 Å². The number of nitrogens with zero attached hydrogens (tertiary/aromatic N) is 2. The van der Waals surface area contributed by atoms with Crippen molar-refractivity contribution in [1.82, 2.24) is 9.88 Å². The number of hydrogen-bond donors (Lipinski definition) is 1. The number of likely N-dealkylation sites (tertiary alicyclic amines) is 1. The van der Waals surface area contributed by atoms with Crippen LogP contribution in [0.25, 0.3) is 0 Å². The number of hydrogen-bond acceptors (Lipinski definition) is 3. The molecule has 2 rings (SSSR count). The average molecular weight is 312 g/mol. The second-order valence-electron chi connectivity index (χ2n) is 4.29. The van der Waals surface area contributed by atoms with Crippen LogP contribution in [0.2, 0.25) is 0 Å². The number of carbonyl (C=O) groups excluding carboxylic acids is 2. The molecular weight excluding hydrogens is 298 g/mol. The predicted octanol–water partition coefficient (Wildman–Crippen LogP) is 1.71. The fraction of sp³-hybridized carbons (Fsp3) is 0.417. The predicted molar refractivity (Wildman–Crippen MR) is 71.1 cm³/mol. The van der Waals surface area contributed by atoms with Gasteiger partial charge >= 0.3 is 0 Å². The maximum absolute atomic E-state index is 11.8. The first kappa shape index (κ1) is 13.0. The van der Waals surface area contributed by atoms with Gasteiger partial charge < -0.3 is 10.2 Å². The van der Waals surface area contributed by atoms with Gasteiger partial charge in [-0.25, -0.2) is 4.98 Å². The fourth-order valence-electron chi connectivity index (χ4n) is 1.83. The van der Waals surface area contributed by atoms with Gasteiger partial charge in [0.05, 0.1) is 6.54 Å². The van der Waals surface area contributed by atoms with Crippen LogP contribution < -0.4 is 5.32 Å². The molecule has 18 heavy (non-hydrogen) atoms. The van der Waals surface area contributed by atoms with Gasteiger partial charge in [-0.05, 0) is 40.9 Å². The molecule has 0 saturated carbocycles. The van der Waals surface area contributed by atoms with E-state index in [0.29, 0.717) is 18.8 Å². The van der Waals surface area contributed by atoms with Crippen molar-refractivity contribution in [3.05, 3.63) is 22.3 Å². The van der Waals surface area contributed by atoms with Crippen LogP contribution >= 0.6 is 15.9 Å². The van der Waals surface area contributed by atoms with Crippen LogP contribution in [0.3, 0.4) is 0 Å². The Morgan fingerprint density at radius 3 is 3.00 bits per heavy atom. The number of aromatic nitrogens is 1. The number of halogens is 1. The monoisotopic (exact) mass is 311 g/mol. The number of pyridine rings is 1. The van der Waals surface area contributed by atoms with Crippen molar-refractivity contribution in [2.45, 2.75) is 19.8 Å². The maximum atomic E-state index is 11.8. The molecule has 1 aromatic heterocycles. The zero-order valence-electron chi connectivity index (χ0n) is 10.1. The summed E-state index contributed by atoms with van der Waals surface area (Å²) in [6.45, 7) is 2.69. The molecule has 1 saturated heterocycles. The van der Waals surface area contributed by atoms with Crippen molar-refractivity contribution >= 4 is 33.6 Å². The third-order valence-electron chi connectivity index (χ3n) is 2.82. The summed E-state index contributed by atoms with van der Waals surface area (Å²) >= 11 is 3.35. The van der Waals surface area contributed by atoms with E-state index in [1.165, 1.54) is 0 Å². The molecule has 1 N–H and O–H groups in total. The molecule has 2 heterocycles. The Morgan fingerprint density at radius 2 is 2.39 bits per heavy atom. The van der Waals surface area contributed by atoms with E-state index in [4.69, 9.17) is 0 Å². The van der Waals surface area contributed by atoms with Gasteiger partial charge in [-0.3, -0.25) is 9.59 Å². The Kier molecular flexibility index (Phi) is 3.96. The quantitative estimate of drug-likeness (QED) is 0.924. The highest BCUT2D eigenvalue weighted by Gasteiger charge is 2.22. The second-order valence-corrected chi connectivity index (χ2v) is 5.14. The molecule has 1 aliphatic heterocycles. The van der Waals surface area contributed by atoms with E-state index >= 15 is 0 Å². The van der Waals surface area contributed by atoms with Gasteiger partial charge in [0, 0.05) is 23.6 Å². The Morgan fingerprint density at radius 1 is 1.61 bits per heavy atom. The second kappa shape index (κ2) is 5.48. The van der Waals surface area contributed by atoms with Crippen LogP contribution in [0.5, 0.6) is 0 Å². The summed E-state index contributed by atoms with van der Waals surface area (Å²) in [4.78, 5) is 28.8.